The van der Waals surface area contributed by atoms with Crippen molar-refractivity contribution in [1.82, 2.24) is 9.55 Å². The lowest BCUT2D eigenvalue weighted by molar-refractivity contribution is 1.18. The highest BCUT2D eigenvalue weighted by atomic mass is 79.9. The molecule has 0 aliphatic carbocycles. The van der Waals surface area contributed by atoms with Crippen LogP contribution in [0.4, 0.5) is 17.1 Å². The molecule has 0 aliphatic rings. The summed E-state index contributed by atoms with van der Waals surface area (Å²) in [7, 11) is 0. The van der Waals surface area contributed by atoms with E-state index in [1.165, 1.54) is 43.7 Å². The van der Waals surface area contributed by atoms with Crippen molar-refractivity contribution in [2.75, 3.05) is 4.90 Å². The molecule has 0 amide bonds. The zero-order chi connectivity index (χ0) is 31.3. The highest BCUT2D eigenvalue weighted by Gasteiger charge is 2.21. The van der Waals surface area contributed by atoms with Gasteiger partial charge in [0.05, 0.1) is 16.7 Å². The van der Waals surface area contributed by atoms with E-state index in [0.29, 0.717) is 0 Å². The van der Waals surface area contributed by atoms with Crippen LogP contribution in [0.3, 0.4) is 0 Å². The SMILES string of the molecule is Brc1ccc(-c2ccc(N(c3ccc(-c4ccccn4)cc3)c3cc4ccc5cccc6c5c4c(c3)n6-c3ccccc3)cc2)cc1. The maximum Gasteiger partial charge on any atom is 0.0701 e. The minimum atomic E-state index is 0.962. The van der Waals surface area contributed by atoms with E-state index in [9.17, 15) is 0 Å². The minimum Gasteiger partial charge on any atom is -0.310 e. The summed E-state index contributed by atoms with van der Waals surface area (Å²) >= 11 is 3.57. The Hall–Kier alpha value is -5.71. The van der Waals surface area contributed by atoms with Crippen molar-refractivity contribution in [3.05, 3.63) is 174 Å². The first kappa shape index (κ1) is 27.6. The summed E-state index contributed by atoms with van der Waals surface area (Å²) in [6, 6.07) is 58.6. The van der Waals surface area contributed by atoms with Crippen LogP contribution >= 0.6 is 15.9 Å². The number of halogens is 1. The van der Waals surface area contributed by atoms with E-state index in [-0.39, 0.29) is 0 Å². The normalized spacial score (nSPS) is 11.5. The maximum absolute atomic E-state index is 4.58. The molecule has 0 aliphatic heterocycles. The molecule has 0 saturated heterocycles. The molecule has 7 aromatic carbocycles. The van der Waals surface area contributed by atoms with Gasteiger partial charge in [-0.1, -0.05) is 101 Å². The number of rotatable bonds is 6. The predicted octanol–water partition coefficient (Wildman–Crippen LogP) is 12.3. The predicted molar refractivity (Wildman–Crippen MR) is 201 cm³/mol. The molecule has 2 aromatic heterocycles. The van der Waals surface area contributed by atoms with Crippen molar-refractivity contribution in [3.8, 4) is 28.1 Å². The van der Waals surface area contributed by atoms with Crippen LogP contribution in [0.1, 0.15) is 0 Å². The molecule has 9 rings (SSSR count). The molecule has 0 saturated carbocycles. The van der Waals surface area contributed by atoms with E-state index in [1.807, 2.05) is 18.3 Å². The number of aromatic nitrogens is 2. The van der Waals surface area contributed by atoms with Gasteiger partial charge in [0.2, 0.25) is 0 Å². The maximum atomic E-state index is 4.58. The summed E-state index contributed by atoms with van der Waals surface area (Å²) in [5.74, 6) is 0. The van der Waals surface area contributed by atoms with Crippen molar-refractivity contribution in [3.63, 3.8) is 0 Å². The van der Waals surface area contributed by atoms with Gasteiger partial charge in [-0.15, -0.1) is 0 Å². The monoisotopic (exact) mass is 665 g/mol. The molecular formula is C43H28BrN3. The number of pyridine rings is 1. The highest BCUT2D eigenvalue weighted by Crippen LogP contribution is 2.44. The Bertz CT molecular complexity index is 2480. The number of nitrogens with zero attached hydrogens (tertiary/aromatic N) is 3. The van der Waals surface area contributed by atoms with E-state index in [0.717, 1.165) is 38.5 Å². The van der Waals surface area contributed by atoms with Crippen LogP contribution in [0.5, 0.6) is 0 Å². The van der Waals surface area contributed by atoms with Gasteiger partial charge < -0.3 is 9.47 Å². The van der Waals surface area contributed by atoms with Gasteiger partial charge in [-0.05, 0) is 101 Å². The van der Waals surface area contributed by atoms with Crippen LogP contribution in [0, 0.1) is 0 Å². The van der Waals surface area contributed by atoms with Gasteiger partial charge in [0, 0.05) is 49.8 Å². The average molecular weight is 667 g/mol. The van der Waals surface area contributed by atoms with Gasteiger partial charge in [0.15, 0.2) is 0 Å². The fraction of sp³-hybridized carbons (Fsp3) is 0. The molecule has 47 heavy (non-hydrogen) atoms. The van der Waals surface area contributed by atoms with Gasteiger partial charge >= 0.3 is 0 Å². The van der Waals surface area contributed by atoms with Crippen LogP contribution in [0.15, 0.2) is 174 Å². The zero-order valence-electron chi connectivity index (χ0n) is 25.4. The molecule has 222 valence electrons. The number of hydrogen-bond donors (Lipinski definition) is 0. The molecule has 0 bridgehead atoms. The third kappa shape index (κ3) is 4.77. The van der Waals surface area contributed by atoms with Crippen LogP contribution in [-0.2, 0) is 0 Å². The van der Waals surface area contributed by atoms with Gasteiger partial charge in [0.1, 0.15) is 0 Å². The molecule has 2 heterocycles. The Morgan fingerprint density at radius 1 is 0.468 bits per heavy atom. The quantitative estimate of drug-likeness (QED) is 0.165. The standard InChI is InChI=1S/C43H28BrN3/c44-34-20-14-29(15-21-34)30-16-22-36(23-17-30)46(37-24-18-31(19-25-37)39-10-4-5-26-45-39)38-27-33-13-12-32-7-6-11-40-42(32)43(33)41(28-38)47(40)35-8-2-1-3-9-35/h1-28H. The Labute approximate surface area is 281 Å². The molecular weight excluding hydrogens is 638 g/mol. The lowest BCUT2D eigenvalue weighted by Crippen LogP contribution is -2.10. The second-order valence-corrected chi connectivity index (χ2v) is 12.7. The van der Waals surface area contributed by atoms with Crippen molar-refractivity contribution in [2.45, 2.75) is 0 Å². The second-order valence-electron chi connectivity index (χ2n) is 11.8. The van der Waals surface area contributed by atoms with Crippen LogP contribution in [0.2, 0.25) is 0 Å². The molecule has 0 spiro atoms. The smallest absolute Gasteiger partial charge is 0.0701 e. The first-order chi connectivity index (χ1) is 23.2. The number of anilines is 3. The first-order valence-corrected chi connectivity index (χ1v) is 16.5. The van der Waals surface area contributed by atoms with Crippen LogP contribution < -0.4 is 4.90 Å². The van der Waals surface area contributed by atoms with E-state index >= 15 is 0 Å². The molecule has 0 fully saturated rings. The van der Waals surface area contributed by atoms with Gasteiger partial charge in [-0.25, -0.2) is 0 Å². The molecule has 3 nitrogen and oxygen atoms in total. The summed E-state index contributed by atoms with van der Waals surface area (Å²) in [6.45, 7) is 0. The molecule has 0 radical (unpaired) electrons. The molecule has 0 atom stereocenters. The first-order valence-electron chi connectivity index (χ1n) is 15.7. The number of benzene rings is 7. The third-order valence-corrected chi connectivity index (χ3v) is 9.57. The van der Waals surface area contributed by atoms with Gasteiger partial charge in [-0.3, -0.25) is 4.98 Å². The van der Waals surface area contributed by atoms with Crippen LogP contribution in [0.25, 0.3) is 60.6 Å². The topological polar surface area (TPSA) is 21.1 Å². The fourth-order valence-corrected chi connectivity index (χ4v) is 7.13. The molecule has 9 aromatic rings. The van der Waals surface area contributed by atoms with E-state index < -0.39 is 0 Å². The second kappa shape index (κ2) is 11.3. The van der Waals surface area contributed by atoms with Crippen molar-refractivity contribution < 1.29 is 0 Å². The van der Waals surface area contributed by atoms with E-state index in [2.05, 4.69) is 182 Å². The van der Waals surface area contributed by atoms with Crippen molar-refractivity contribution in [1.29, 1.82) is 0 Å². The lowest BCUT2D eigenvalue weighted by Gasteiger charge is -2.26. The Morgan fingerprint density at radius 2 is 1.11 bits per heavy atom. The average Bonchev–Trinajstić information content (AvgIpc) is 3.48. The summed E-state index contributed by atoms with van der Waals surface area (Å²) in [6.07, 6.45) is 1.84. The third-order valence-electron chi connectivity index (χ3n) is 9.04. The lowest BCUT2D eigenvalue weighted by atomic mass is 10.0. The largest absolute Gasteiger partial charge is 0.310 e. The highest BCUT2D eigenvalue weighted by molar-refractivity contribution is 9.10. The molecule has 0 unspecified atom stereocenters. The summed E-state index contributed by atoms with van der Waals surface area (Å²) in [5.41, 5.74) is 11.2. The van der Waals surface area contributed by atoms with Gasteiger partial charge in [-0.2, -0.15) is 0 Å². The summed E-state index contributed by atoms with van der Waals surface area (Å²) in [5, 5.41) is 5.08. The summed E-state index contributed by atoms with van der Waals surface area (Å²) < 4.78 is 3.49. The number of hydrogen-bond acceptors (Lipinski definition) is 2. The number of para-hydroxylation sites is 1. The molecule has 4 heteroatoms. The van der Waals surface area contributed by atoms with Crippen molar-refractivity contribution >= 4 is 65.6 Å². The van der Waals surface area contributed by atoms with Gasteiger partial charge in [0.25, 0.3) is 0 Å². The van der Waals surface area contributed by atoms with E-state index in [1.54, 1.807) is 0 Å². The Morgan fingerprint density at radius 3 is 1.81 bits per heavy atom. The Balaban J connectivity index is 1.26. The van der Waals surface area contributed by atoms with E-state index in [4.69, 9.17) is 0 Å². The van der Waals surface area contributed by atoms with Crippen molar-refractivity contribution in [2.24, 2.45) is 0 Å². The molecule has 0 N–H and O–H groups in total. The summed E-state index contributed by atoms with van der Waals surface area (Å²) in [4.78, 5) is 6.94. The van der Waals surface area contributed by atoms with Crippen LogP contribution in [-0.4, -0.2) is 9.55 Å². The zero-order valence-corrected chi connectivity index (χ0v) is 27.0. The fourth-order valence-electron chi connectivity index (χ4n) is 6.87. The minimum absolute atomic E-state index is 0.962. The Kier molecular flexibility index (Phi) is 6.61.